The van der Waals surface area contributed by atoms with Gasteiger partial charge in [-0.2, -0.15) is 0 Å². The third-order valence-electron chi connectivity index (χ3n) is 2.98. The fourth-order valence-corrected chi connectivity index (χ4v) is 2.67. The summed E-state index contributed by atoms with van der Waals surface area (Å²) in [6.07, 6.45) is 1.83. The van der Waals surface area contributed by atoms with Gasteiger partial charge in [-0.05, 0) is 19.9 Å². The van der Waals surface area contributed by atoms with E-state index in [9.17, 15) is 0 Å². The van der Waals surface area contributed by atoms with Crippen LogP contribution in [0.4, 0.5) is 0 Å². The Morgan fingerprint density at radius 1 is 1.40 bits per heavy atom. The van der Waals surface area contributed by atoms with Gasteiger partial charge in [0.1, 0.15) is 5.01 Å². The smallest absolute Gasteiger partial charge is 0.165 e. The average molecular weight is 292 g/mol. The number of methoxy groups -OCH3 is 1. The highest BCUT2D eigenvalue weighted by Crippen LogP contribution is 2.31. The minimum absolute atomic E-state index is 0.218. The molecule has 0 aliphatic carbocycles. The van der Waals surface area contributed by atoms with E-state index < -0.39 is 0 Å². The van der Waals surface area contributed by atoms with Crippen LogP contribution in [-0.2, 0) is 6.54 Å². The first-order valence-corrected chi connectivity index (χ1v) is 7.55. The summed E-state index contributed by atoms with van der Waals surface area (Å²) in [5, 5.41) is 6.54. The van der Waals surface area contributed by atoms with Crippen LogP contribution in [0, 0.1) is 0 Å². The molecule has 0 aliphatic rings. The van der Waals surface area contributed by atoms with E-state index in [1.54, 1.807) is 18.4 Å². The maximum atomic E-state index is 5.58. The standard InChI is InChI=1S/C15H20N2O2S/c1-4-19-13-7-5-6-12(14(13)18-3)10-17-11(2)15-16-8-9-20-15/h5-9,11,17H,4,10H2,1-3H3. The number of nitrogens with zero attached hydrogens (tertiary/aromatic N) is 1. The van der Waals surface area contributed by atoms with E-state index in [0.29, 0.717) is 13.2 Å². The summed E-state index contributed by atoms with van der Waals surface area (Å²) in [6.45, 7) is 5.42. The van der Waals surface area contributed by atoms with Crippen molar-refractivity contribution in [2.75, 3.05) is 13.7 Å². The number of aromatic nitrogens is 1. The predicted octanol–water partition coefficient (Wildman–Crippen LogP) is 3.40. The van der Waals surface area contributed by atoms with Crippen molar-refractivity contribution in [3.05, 3.63) is 40.3 Å². The van der Waals surface area contributed by atoms with Crippen molar-refractivity contribution in [2.45, 2.75) is 26.4 Å². The van der Waals surface area contributed by atoms with Crippen LogP contribution in [0.5, 0.6) is 11.5 Å². The van der Waals surface area contributed by atoms with Crippen molar-refractivity contribution in [3.63, 3.8) is 0 Å². The van der Waals surface area contributed by atoms with E-state index in [4.69, 9.17) is 9.47 Å². The first-order valence-electron chi connectivity index (χ1n) is 6.67. The topological polar surface area (TPSA) is 43.4 Å². The van der Waals surface area contributed by atoms with Gasteiger partial charge in [-0.3, -0.25) is 0 Å². The van der Waals surface area contributed by atoms with Gasteiger partial charge in [0.15, 0.2) is 11.5 Å². The molecule has 0 spiro atoms. The molecule has 5 heteroatoms. The molecule has 1 N–H and O–H groups in total. The second-order valence-corrected chi connectivity index (χ2v) is 5.28. The Balaban J connectivity index is 2.07. The van der Waals surface area contributed by atoms with Gasteiger partial charge in [-0.15, -0.1) is 11.3 Å². The van der Waals surface area contributed by atoms with Crippen LogP contribution in [0.1, 0.15) is 30.5 Å². The van der Waals surface area contributed by atoms with Gasteiger partial charge in [0.05, 0.1) is 19.8 Å². The summed E-state index contributed by atoms with van der Waals surface area (Å²) in [7, 11) is 1.67. The van der Waals surface area contributed by atoms with Crippen molar-refractivity contribution < 1.29 is 9.47 Å². The van der Waals surface area contributed by atoms with Gasteiger partial charge in [0, 0.05) is 23.7 Å². The normalized spacial score (nSPS) is 12.2. The minimum Gasteiger partial charge on any atom is -0.493 e. The molecule has 108 valence electrons. The Morgan fingerprint density at radius 3 is 2.90 bits per heavy atom. The third-order valence-corrected chi connectivity index (χ3v) is 3.94. The number of ether oxygens (including phenoxy) is 2. The molecule has 0 bridgehead atoms. The van der Waals surface area contributed by atoms with Gasteiger partial charge in [-0.25, -0.2) is 4.98 Å². The maximum absolute atomic E-state index is 5.58. The van der Waals surface area contributed by atoms with E-state index >= 15 is 0 Å². The Morgan fingerprint density at radius 2 is 2.25 bits per heavy atom. The summed E-state index contributed by atoms with van der Waals surface area (Å²) in [4.78, 5) is 4.32. The zero-order valence-electron chi connectivity index (χ0n) is 12.1. The lowest BCUT2D eigenvalue weighted by atomic mass is 10.1. The highest BCUT2D eigenvalue weighted by atomic mass is 32.1. The summed E-state index contributed by atoms with van der Waals surface area (Å²) >= 11 is 1.66. The van der Waals surface area contributed by atoms with E-state index in [2.05, 4.69) is 17.2 Å². The van der Waals surface area contributed by atoms with Crippen LogP contribution in [-0.4, -0.2) is 18.7 Å². The lowest BCUT2D eigenvalue weighted by Gasteiger charge is -2.16. The van der Waals surface area contributed by atoms with Crippen LogP contribution in [0.25, 0.3) is 0 Å². The molecule has 2 aromatic rings. The predicted molar refractivity (Wildman–Crippen MR) is 81.5 cm³/mol. The van der Waals surface area contributed by atoms with Gasteiger partial charge in [0.2, 0.25) is 0 Å². The van der Waals surface area contributed by atoms with E-state index in [1.165, 1.54) is 0 Å². The zero-order chi connectivity index (χ0) is 14.4. The second kappa shape index (κ2) is 7.26. The molecule has 4 nitrogen and oxygen atoms in total. The fourth-order valence-electron chi connectivity index (χ4n) is 2.00. The Hall–Kier alpha value is -1.59. The molecule has 1 aromatic carbocycles. The summed E-state index contributed by atoms with van der Waals surface area (Å²) in [5.41, 5.74) is 1.09. The maximum Gasteiger partial charge on any atom is 0.165 e. The molecule has 0 aliphatic heterocycles. The monoisotopic (exact) mass is 292 g/mol. The molecule has 1 heterocycles. The number of rotatable bonds is 7. The van der Waals surface area contributed by atoms with E-state index in [1.807, 2.05) is 36.7 Å². The molecule has 1 atom stereocenters. The first-order chi connectivity index (χ1) is 9.76. The van der Waals surface area contributed by atoms with Crippen LogP contribution in [0.15, 0.2) is 29.8 Å². The number of hydrogen-bond acceptors (Lipinski definition) is 5. The number of hydrogen-bond donors (Lipinski definition) is 1. The molecule has 2 rings (SSSR count). The molecule has 0 radical (unpaired) electrons. The molecular weight excluding hydrogens is 272 g/mol. The quantitative estimate of drug-likeness (QED) is 0.849. The van der Waals surface area contributed by atoms with Gasteiger partial charge >= 0.3 is 0 Å². The Labute approximate surface area is 123 Å². The number of benzene rings is 1. The molecule has 0 saturated heterocycles. The first kappa shape index (κ1) is 14.8. The minimum atomic E-state index is 0.218. The van der Waals surface area contributed by atoms with Crippen molar-refractivity contribution in [1.82, 2.24) is 10.3 Å². The molecule has 0 saturated carbocycles. The highest BCUT2D eigenvalue weighted by Gasteiger charge is 2.12. The molecule has 0 fully saturated rings. The lowest BCUT2D eigenvalue weighted by molar-refractivity contribution is 0.308. The van der Waals surface area contributed by atoms with Gasteiger partial charge < -0.3 is 14.8 Å². The van der Waals surface area contributed by atoms with Crippen LogP contribution >= 0.6 is 11.3 Å². The van der Waals surface area contributed by atoms with Crippen molar-refractivity contribution in [3.8, 4) is 11.5 Å². The number of para-hydroxylation sites is 1. The average Bonchev–Trinajstić information content (AvgIpc) is 2.99. The summed E-state index contributed by atoms with van der Waals surface area (Å²) in [5.74, 6) is 1.59. The fraction of sp³-hybridized carbons (Fsp3) is 0.400. The summed E-state index contributed by atoms with van der Waals surface area (Å²) in [6, 6.07) is 6.17. The molecule has 20 heavy (non-hydrogen) atoms. The second-order valence-electron chi connectivity index (χ2n) is 4.35. The van der Waals surface area contributed by atoms with Crippen molar-refractivity contribution >= 4 is 11.3 Å². The van der Waals surface area contributed by atoms with Crippen molar-refractivity contribution in [1.29, 1.82) is 0 Å². The Bertz CT molecular complexity index is 529. The molecule has 1 aromatic heterocycles. The molecule has 0 amide bonds. The van der Waals surface area contributed by atoms with Crippen molar-refractivity contribution in [2.24, 2.45) is 0 Å². The lowest BCUT2D eigenvalue weighted by Crippen LogP contribution is -2.18. The molecular formula is C15H20N2O2S. The van der Waals surface area contributed by atoms with E-state index in [0.717, 1.165) is 22.1 Å². The van der Waals surface area contributed by atoms with Crippen LogP contribution in [0.3, 0.4) is 0 Å². The van der Waals surface area contributed by atoms with E-state index in [-0.39, 0.29) is 6.04 Å². The van der Waals surface area contributed by atoms with Gasteiger partial charge in [0.25, 0.3) is 0 Å². The zero-order valence-corrected chi connectivity index (χ0v) is 12.9. The SMILES string of the molecule is CCOc1cccc(CNC(C)c2nccs2)c1OC. The molecule has 1 unspecified atom stereocenters. The summed E-state index contributed by atoms with van der Waals surface area (Å²) < 4.78 is 11.1. The third kappa shape index (κ3) is 3.49. The highest BCUT2D eigenvalue weighted by molar-refractivity contribution is 7.09. The van der Waals surface area contributed by atoms with Crippen LogP contribution < -0.4 is 14.8 Å². The van der Waals surface area contributed by atoms with Crippen LogP contribution in [0.2, 0.25) is 0 Å². The Kier molecular flexibility index (Phi) is 5.38. The van der Waals surface area contributed by atoms with Gasteiger partial charge in [-0.1, -0.05) is 12.1 Å². The number of nitrogens with one attached hydrogen (secondary N) is 1. The number of thiazole rings is 1. The largest absolute Gasteiger partial charge is 0.493 e.